The maximum absolute atomic E-state index is 2.38. The summed E-state index contributed by atoms with van der Waals surface area (Å²) in [4.78, 5) is 0. The van der Waals surface area contributed by atoms with Gasteiger partial charge in [-0.1, -0.05) is 62.4 Å². The van der Waals surface area contributed by atoms with Crippen LogP contribution in [0.2, 0.25) is 0 Å². The van der Waals surface area contributed by atoms with E-state index in [2.05, 4.69) is 32.0 Å². The molecule has 0 aliphatic heterocycles. The topological polar surface area (TPSA) is 0 Å². The smallest absolute Gasteiger partial charge is 0.0162 e. The van der Waals surface area contributed by atoms with E-state index < -0.39 is 0 Å². The highest BCUT2D eigenvalue weighted by Gasteiger charge is 2.15. The van der Waals surface area contributed by atoms with Crippen LogP contribution in [0.1, 0.15) is 68.6 Å². The van der Waals surface area contributed by atoms with Gasteiger partial charge in [0.2, 0.25) is 0 Å². The molecule has 0 amide bonds. The van der Waals surface area contributed by atoms with Gasteiger partial charge in [-0.2, -0.15) is 0 Å². The number of aryl methyl sites for hydroxylation is 2. The lowest BCUT2D eigenvalue weighted by Crippen LogP contribution is -2.04. The molecule has 0 spiro atoms. The predicted molar refractivity (Wildman–Crippen MR) is 73.1 cm³/mol. The summed E-state index contributed by atoms with van der Waals surface area (Å²) in [5.41, 5.74) is 4.43. The molecule has 1 aliphatic rings. The van der Waals surface area contributed by atoms with Crippen LogP contribution < -0.4 is 0 Å². The zero-order valence-corrected chi connectivity index (χ0v) is 11.3. The fraction of sp³-hybridized carbons (Fsp3) is 0.625. The third-order valence-corrected chi connectivity index (χ3v) is 3.32. The first-order valence-electron chi connectivity index (χ1n) is 6.84. The Morgan fingerprint density at radius 3 is 1.81 bits per heavy atom. The Bertz CT molecular complexity index is 286. The molecule has 0 saturated heterocycles. The summed E-state index contributed by atoms with van der Waals surface area (Å²) in [7, 11) is 0. The Morgan fingerprint density at radius 1 is 0.812 bits per heavy atom. The van der Waals surface area contributed by atoms with Crippen LogP contribution in [-0.2, 0) is 0 Å². The van der Waals surface area contributed by atoms with Crippen LogP contribution in [0.3, 0.4) is 0 Å². The maximum atomic E-state index is 2.38. The first-order valence-corrected chi connectivity index (χ1v) is 6.84. The number of hydrogen-bond donors (Lipinski definition) is 0. The van der Waals surface area contributed by atoms with E-state index in [0.29, 0.717) is 0 Å². The van der Waals surface area contributed by atoms with Crippen LogP contribution in [0.4, 0.5) is 0 Å². The van der Waals surface area contributed by atoms with E-state index in [4.69, 9.17) is 0 Å². The van der Waals surface area contributed by atoms with Crippen molar-refractivity contribution >= 4 is 0 Å². The molecule has 0 aromatic heterocycles. The van der Waals surface area contributed by atoms with Gasteiger partial charge in [0, 0.05) is 0 Å². The van der Waals surface area contributed by atoms with Crippen molar-refractivity contribution in [2.75, 3.05) is 0 Å². The molecule has 1 aromatic rings. The highest BCUT2D eigenvalue weighted by Crippen LogP contribution is 2.33. The Labute approximate surface area is 101 Å². The van der Waals surface area contributed by atoms with Gasteiger partial charge >= 0.3 is 0 Å². The van der Waals surface area contributed by atoms with E-state index in [9.17, 15) is 0 Å². The summed E-state index contributed by atoms with van der Waals surface area (Å²) >= 11 is 0. The van der Waals surface area contributed by atoms with Crippen LogP contribution in [-0.4, -0.2) is 0 Å². The van der Waals surface area contributed by atoms with Gasteiger partial charge in [-0.25, -0.2) is 0 Å². The van der Waals surface area contributed by atoms with Gasteiger partial charge in [0.1, 0.15) is 0 Å². The van der Waals surface area contributed by atoms with Crippen LogP contribution in [0, 0.1) is 13.8 Å². The molecule has 1 aliphatic carbocycles. The van der Waals surface area contributed by atoms with Gasteiger partial charge in [-0.05, 0) is 38.2 Å². The van der Waals surface area contributed by atoms with E-state index in [1.54, 1.807) is 5.56 Å². The molecule has 1 saturated carbocycles. The van der Waals surface area contributed by atoms with Crippen LogP contribution in [0.5, 0.6) is 0 Å². The molecule has 0 radical (unpaired) electrons. The summed E-state index contributed by atoms with van der Waals surface area (Å²) in [6.45, 7) is 8.42. The standard InChI is InChI=1S/C14H20.C2H6/c1-11-8-12(2)10-14(9-11)13-6-4-3-5-7-13;1-2/h8-10,13H,3-7H2,1-2H3;1-2H3. The van der Waals surface area contributed by atoms with E-state index in [1.165, 1.54) is 43.2 Å². The first kappa shape index (κ1) is 13.3. The van der Waals surface area contributed by atoms with E-state index in [1.807, 2.05) is 13.8 Å². The van der Waals surface area contributed by atoms with Gasteiger partial charge in [0.25, 0.3) is 0 Å². The molecule has 16 heavy (non-hydrogen) atoms. The lowest BCUT2D eigenvalue weighted by atomic mass is 9.83. The van der Waals surface area contributed by atoms with Gasteiger partial charge in [0.15, 0.2) is 0 Å². The average molecular weight is 218 g/mol. The van der Waals surface area contributed by atoms with Crippen LogP contribution in [0.25, 0.3) is 0 Å². The van der Waals surface area contributed by atoms with E-state index in [-0.39, 0.29) is 0 Å². The van der Waals surface area contributed by atoms with Gasteiger partial charge in [-0.3, -0.25) is 0 Å². The molecule has 0 atom stereocenters. The fourth-order valence-corrected chi connectivity index (χ4v) is 2.68. The summed E-state index contributed by atoms with van der Waals surface area (Å²) < 4.78 is 0. The predicted octanol–water partition coefficient (Wildman–Crippen LogP) is 5.38. The fourth-order valence-electron chi connectivity index (χ4n) is 2.68. The molecule has 2 rings (SSSR count). The monoisotopic (exact) mass is 218 g/mol. The van der Waals surface area contributed by atoms with Crippen molar-refractivity contribution in [2.45, 2.75) is 65.7 Å². The third kappa shape index (κ3) is 3.66. The molecule has 0 nitrogen and oxygen atoms in total. The molecular weight excluding hydrogens is 192 g/mol. The highest BCUT2D eigenvalue weighted by atomic mass is 14.2. The normalized spacial score (nSPS) is 16.5. The molecule has 0 bridgehead atoms. The molecule has 0 heteroatoms. The largest absolute Gasteiger partial charge is 0.0683 e. The number of rotatable bonds is 1. The molecule has 0 heterocycles. The zero-order valence-electron chi connectivity index (χ0n) is 11.3. The molecule has 0 N–H and O–H groups in total. The SMILES string of the molecule is CC.Cc1cc(C)cc(C2CCCCC2)c1. The van der Waals surface area contributed by atoms with E-state index >= 15 is 0 Å². The minimum absolute atomic E-state index is 0.849. The lowest BCUT2D eigenvalue weighted by molar-refractivity contribution is 0.443. The Kier molecular flexibility index (Phi) is 5.59. The van der Waals surface area contributed by atoms with Crippen molar-refractivity contribution in [1.82, 2.24) is 0 Å². The molecular formula is C16H26. The van der Waals surface area contributed by atoms with Crippen molar-refractivity contribution in [1.29, 1.82) is 0 Å². The van der Waals surface area contributed by atoms with Gasteiger partial charge in [-0.15, -0.1) is 0 Å². The van der Waals surface area contributed by atoms with Crippen molar-refractivity contribution < 1.29 is 0 Å². The highest BCUT2D eigenvalue weighted by molar-refractivity contribution is 5.31. The van der Waals surface area contributed by atoms with Gasteiger partial charge < -0.3 is 0 Å². The quantitative estimate of drug-likeness (QED) is 0.594. The van der Waals surface area contributed by atoms with Gasteiger partial charge in [0.05, 0.1) is 0 Å². The minimum atomic E-state index is 0.849. The van der Waals surface area contributed by atoms with Crippen LogP contribution >= 0.6 is 0 Å². The maximum Gasteiger partial charge on any atom is -0.0162 e. The van der Waals surface area contributed by atoms with Crippen molar-refractivity contribution in [3.8, 4) is 0 Å². The molecule has 1 aromatic carbocycles. The summed E-state index contributed by atoms with van der Waals surface area (Å²) in [6, 6.07) is 7.03. The first-order chi connectivity index (χ1) is 7.75. The number of benzene rings is 1. The van der Waals surface area contributed by atoms with Crippen molar-refractivity contribution in [2.24, 2.45) is 0 Å². The Balaban J connectivity index is 0.000000606. The number of hydrogen-bond acceptors (Lipinski definition) is 0. The van der Waals surface area contributed by atoms with Crippen molar-refractivity contribution in [3.05, 3.63) is 34.9 Å². The molecule has 0 unspecified atom stereocenters. The second-order valence-corrected chi connectivity index (χ2v) is 4.76. The van der Waals surface area contributed by atoms with E-state index in [0.717, 1.165) is 5.92 Å². The third-order valence-electron chi connectivity index (χ3n) is 3.32. The second kappa shape index (κ2) is 6.73. The Hall–Kier alpha value is -0.780. The lowest BCUT2D eigenvalue weighted by Gasteiger charge is -2.22. The average Bonchev–Trinajstić information content (AvgIpc) is 2.32. The summed E-state index contributed by atoms with van der Waals surface area (Å²) in [6.07, 6.45) is 7.11. The zero-order chi connectivity index (χ0) is 12.0. The van der Waals surface area contributed by atoms with Crippen molar-refractivity contribution in [3.63, 3.8) is 0 Å². The Morgan fingerprint density at radius 2 is 1.31 bits per heavy atom. The second-order valence-electron chi connectivity index (χ2n) is 4.76. The summed E-state index contributed by atoms with van der Waals surface area (Å²) in [5, 5.41) is 0. The molecule has 90 valence electrons. The minimum Gasteiger partial charge on any atom is -0.0683 e. The molecule has 1 fully saturated rings. The van der Waals surface area contributed by atoms with Crippen LogP contribution in [0.15, 0.2) is 18.2 Å². The summed E-state index contributed by atoms with van der Waals surface area (Å²) in [5.74, 6) is 0.849.